The Morgan fingerprint density at radius 3 is 2.19 bits per heavy atom. The van der Waals surface area contributed by atoms with Gasteiger partial charge in [0.05, 0.1) is 19.3 Å². The van der Waals surface area contributed by atoms with E-state index in [2.05, 4.69) is 24.3 Å². The van der Waals surface area contributed by atoms with Gasteiger partial charge >= 0.3 is 6.09 Å². The molecule has 2 aromatic carbocycles. The Hall–Kier alpha value is -2.70. The minimum Gasteiger partial charge on any atom is -0.453 e. The summed E-state index contributed by atoms with van der Waals surface area (Å²) >= 11 is 0. The van der Waals surface area contributed by atoms with Gasteiger partial charge in [0, 0.05) is 5.92 Å². The zero-order valence-corrected chi connectivity index (χ0v) is 18.3. The van der Waals surface area contributed by atoms with E-state index in [1.54, 1.807) is 0 Å². The molecule has 0 N–H and O–H groups in total. The van der Waals surface area contributed by atoms with Gasteiger partial charge in [0.1, 0.15) is 24.4 Å². The second-order valence-corrected chi connectivity index (χ2v) is 9.52. The van der Waals surface area contributed by atoms with Crippen LogP contribution in [0.15, 0.2) is 48.5 Å². The van der Waals surface area contributed by atoms with Gasteiger partial charge in [-0.15, -0.1) is 0 Å². The van der Waals surface area contributed by atoms with Gasteiger partial charge < -0.3 is 14.2 Å². The molecule has 6 nitrogen and oxygen atoms in total. The number of benzene rings is 2. The van der Waals surface area contributed by atoms with E-state index in [1.165, 1.54) is 12.0 Å². The van der Waals surface area contributed by atoms with Crippen LogP contribution in [0.25, 0.3) is 11.1 Å². The number of likely N-dealkylation sites (tertiary alicyclic amines) is 1. The van der Waals surface area contributed by atoms with Crippen LogP contribution in [0.1, 0.15) is 37.8 Å². The fraction of sp³-hybridized carbons (Fsp3) is 0.440. The van der Waals surface area contributed by atoms with Crippen molar-refractivity contribution in [2.75, 3.05) is 20.3 Å². The number of fused-ring (bicyclic) bond motifs is 4. The summed E-state index contributed by atoms with van der Waals surface area (Å²) in [4.78, 5) is 27.0. The fourth-order valence-corrected chi connectivity index (χ4v) is 5.67. The van der Waals surface area contributed by atoms with Gasteiger partial charge in [-0.05, 0) is 43.0 Å². The number of hydrogen-bond acceptors (Lipinski definition) is 5. The maximum Gasteiger partial charge on any atom is 0.410 e. The molecule has 2 fully saturated rings. The van der Waals surface area contributed by atoms with E-state index in [4.69, 9.17) is 14.2 Å². The molecule has 0 radical (unpaired) electrons. The highest BCUT2D eigenvalue weighted by molar-refractivity contribution is 5.92. The minimum absolute atomic E-state index is 0.0336. The number of rotatable bonds is 2. The average Bonchev–Trinajstić information content (AvgIpc) is 3.38. The molecule has 162 valence electrons. The van der Waals surface area contributed by atoms with Crippen LogP contribution in [0, 0.1) is 0 Å². The summed E-state index contributed by atoms with van der Waals surface area (Å²) in [5.74, 6) is -0.304. The lowest BCUT2D eigenvalue weighted by Crippen LogP contribution is -2.54. The molecule has 0 aromatic heterocycles. The molecule has 0 bridgehead atoms. The lowest BCUT2D eigenvalue weighted by atomic mass is 9.76. The minimum atomic E-state index is -0.939. The summed E-state index contributed by atoms with van der Waals surface area (Å²) in [6, 6.07) is 15.8. The van der Waals surface area contributed by atoms with Crippen LogP contribution in [-0.2, 0) is 19.0 Å². The number of Topliss-reactive ketones (excluding diaryl/α,β-unsaturated/α-hetero) is 1. The zero-order chi connectivity index (χ0) is 22.0. The molecule has 2 aromatic rings. The van der Waals surface area contributed by atoms with Gasteiger partial charge in [-0.2, -0.15) is 0 Å². The van der Waals surface area contributed by atoms with Crippen molar-refractivity contribution in [3.05, 3.63) is 59.7 Å². The van der Waals surface area contributed by atoms with Gasteiger partial charge in [0.15, 0.2) is 5.78 Å². The molecule has 2 heterocycles. The molecule has 3 aliphatic rings. The first-order valence-electron chi connectivity index (χ1n) is 10.6. The lowest BCUT2D eigenvalue weighted by Gasteiger charge is -2.44. The molecule has 5 rings (SSSR count). The van der Waals surface area contributed by atoms with Crippen LogP contribution in [0.5, 0.6) is 0 Å². The second kappa shape index (κ2) is 6.90. The summed E-state index contributed by atoms with van der Waals surface area (Å²) in [5.41, 5.74) is 3.09. The summed E-state index contributed by atoms with van der Waals surface area (Å²) in [7, 11) is 1.34. The number of ketones is 1. The van der Waals surface area contributed by atoms with E-state index in [-0.39, 0.29) is 24.9 Å². The van der Waals surface area contributed by atoms with Gasteiger partial charge in [0.2, 0.25) is 0 Å². The lowest BCUT2D eigenvalue weighted by molar-refractivity contribution is -0.178. The molecule has 6 heteroatoms. The number of hydrogen-bond donors (Lipinski definition) is 0. The van der Waals surface area contributed by atoms with Gasteiger partial charge in [-0.1, -0.05) is 48.5 Å². The Morgan fingerprint density at radius 2 is 1.65 bits per heavy atom. The van der Waals surface area contributed by atoms with E-state index < -0.39 is 29.4 Å². The van der Waals surface area contributed by atoms with Crippen molar-refractivity contribution in [2.45, 2.75) is 50.0 Å². The monoisotopic (exact) mass is 421 g/mol. The third-order valence-electron chi connectivity index (χ3n) is 6.48. The van der Waals surface area contributed by atoms with E-state index in [1.807, 2.05) is 45.0 Å². The van der Waals surface area contributed by atoms with E-state index >= 15 is 0 Å². The Bertz CT molecular complexity index is 1010. The Labute approximate surface area is 182 Å². The zero-order valence-electron chi connectivity index (χ0n) is 18.3. The maximum absolute atomic E-state index is 12.8. The summed E-state index contributed by atoms with van der Waals surface area (Å²) in [6.45, 7) is 6.16. The quantitative estimate of drug-likeness (QED) is 0.739. The maximum atomic E-state index is 12.8. The van der Waals surface area contributed by atoms with Gasteiger partial charge in [-0.25, -0.2) is 4.79 Å². The van der Waals surface area contributed by atoms with Crippen LogP contribution >= 0.6 is 0 Å². The Kier molecular flexibility index (Phi) is 4.50. The van der Waals surface area contributed by atoms with Crippen molar-refractivity contribution in [3.8, 4) is 11.1 Å². The van der Waals surface area contributed by atoms with Crippen LogP contribution in [0.3, 0.4) is 0 Å². The predicted octanol–water partition coefficient (Wildman–Crippen LogP) is 3.77. The summed E-state index contributed by atoms with van der Waals surface area (Å²) in [5, 5.41) is 0. The number of nitrogens with zero attached hydrogens (tertiary/aromatic N) is 1. The summed E-state index contributed by atoms with van der Waals surface area (Å²) in [6.07, 6.45) is -1.12. The van der Waals surface area contributed by atoms with Crippen molar-refractivity contribution >= 4 is 11.9 Å². The molecule has 2 saturated heterocycles. The SMILES string of the molecule is COC(=O)N1C[C@@](OC(C)(C)C)(C2c3ccccc3-c3ccccc32)[C@H]2OCC(=O)[C@H]21. The average molecular weight is 421 g/mol. The number of methoxy groups -OCH3 is 1. The molecule has 1 amide bonds. The third kappa shape index (κ3) is 2.92. The van der Waals surface area contributed by atoms with Gasteiger partial charge in [-0.3, -0.25) is 9.69 Å². The number of carbonyl (C=O) groups excluding carboxylic acids is 2. The van der Waals surface area contributed by atoms with E-state index in [9.17, 15) is 9.59 Å². The smallest absolute Gasteiger partial charge is 0.410 e. The largest absolute Gasteiger partial charge is 0.453 e. The van der Waals surface area contributed by atoms with Crippen molar-refractivity contribution in [3.63, 3.8) is 0 Å². The first kappa shape index (κ1) is 20.2. The highest BCUT2D eigenvalue weighted by atomic mass is 16.6. The van der Waals surface area contributed by atoms with Crippen LogP contribution in [0.4, 0.5) is 4.79 Å². The Morgan fingerprint density at radius 1 is 1.06 bits per heavy atom. The number of amides is 1. The molecule has 31 heavy (non-hydrogen) atoms. The van der Waals surface area contributed by atoms with Crippen LogP contribution in [0.2, 0.25) is 0 Å². The fourth-order valence-electron chi connectivity index (χ4n) is 5.67. The van der Waals surface area contributed by atoms with E-state index in [0.717, 1.165) is 22.3 Å². The van der Waals surface area contributed by atoms with Crippen molar-refractivity contribution in [1.29, 1.82) is 0 Å². The van der Waals surface area contributed by atoms with Crippen molar-refractivity contribution in [2.24, 2.45) is 0 Å². The molecule has 2 aliphatic heterocycles. The van der Waals surface area contributed by atoms with Crippen LogP contribution < -0.4 is 0 Å². The molecular weight excluding hydrogens is 394 g/mol. The Balaban J connectivity index is 1.75. The first-order valence-corrected chi connectivity index (χ1v) is 10.6. The van der Waals surface area contributed by atoms with E-state index in [0.29, 0.717) is 0 Å². The molecule has 1 aliphatic carbocycles. The second-order valence-electron chi connectivity index (χ2n) is 9.52. The third-order valence-corrected chi connectivity index (χ3v) is 6.48. The van der Waals surface area contributed by atoms with Crippen LogP contribution in [-0.4, -0.2) is 60.4 Å². The highest BCUT2D eigenvalue weighted by Gasteiger charge is 2.66. The molecule has 0 unspecified atom stereocenters. The van der Waals surface area contributed by atoms with Gasteiger partial charge in [0.25, 0.3) is 0 Å². The molecule has 0 saturated carbocycles. The number of ether oxygens (including phenoxy) is 3. The summed E-state index contributed by atoms with van der Waals surface area (Å²) < 4.78 is 18.0. The predicted molar refractivity (Wildman–Crippen MR) is 115 cm³/mol. The highest BCUT2D eigenvalue weighted by Crippen LogP contribution is 2.56. The van der Waals surface area contributed by atoms with Crippen molar-refractivity contribution < 1.29 is 23.8 Å². The molecular formula is C25H27NO5. The molecule has 3 atom stereocenters. The normalized spacial score (nSPS) is 27.2. The first-order chi connectivity index (χ1) is 14.8. The standard InChI is InChI=1S/C25H27NO5/c1-24(2,3)31-25(14-26(23(28)29-4)21-19(27)13-30-22(21)25)20-17-11-7-5-9-15(17)16-10-6-8-12-18(16)20/h5-12,20-22H,13-14H2,1-4H3/t21-,22+,25-/m1/s1. The van der Waals surface area contributed by atoms with Crippen molar-refractivity contribution in [1.82, 2.24) is 4.90 Å². The topological polar surface area (TPSA) is 65.1 Å². The molecule has 0 spiro atoms. The number of carbonyl (C=O) groups is 2.